The molecule has 7 heteroatoms. The molecule has 0 unspecified atom stereocenters. The van der Waals surface area contributed by atoms with Gasteiger partial charge in [0, 0.05) is 5.38 Å². The number of carboxylic acids is 1. The number of aromatic nitrogens is 1. The van der Waals surface area contributed by atoms with E-state index in [-0.39, 0.29) is 10.2 Å². The van der Waals surface area contributed by atoms with Crippen molar-refractivity contribution in [1.29, 1.82) is 0 Å². The van der Waals surface area contributed by atoms with Crippen molar-refractivity contribution in [3.63, 3.8) is 0 Å². The van der Waals surface area contributed by atoms with E-state index < -0.39 is 17.4 Å². The Morgan fingerprint density at radius 1 is 1.56 bits per heavy atom. The fraction of sp³-hybridized carbons (Fsp3) is 0.444. The summed E-state index contributed by atoms with van der Waals surface area (Å²) < 4.78 is 0. The fourth-order valence-corrected chi connectivity index (χ4v) is 2.39. The molecule has 0 aromatic carbocycles. The van der Waals surface area contributed by atoms with Crippen LogP contribution in [0.2, 0.25) is 5.15 Å². The van der Waals surface area contributed by atoms with Crippen LogP contribution < -0.4 is 5.32 Å². The van der Waals surface area contributed by atoms with Gasteiger partial charge in [0.25, 0.3) is 5.91 Å². The molecule has 1 aromatic rings. The number of halogens is 1. The van der Waals surface area contributed by atoms with Crippen molar-refractivity contribution < 1.29 is 14.7 Å². The molecule has 1 aromatic heterocycles. The summed E-state index contributed by atoms with van der Waals surface area (Å²) in [6.45, 7) is 0. The summed E-state index contributed by atoms with van der Waals surface area (Å²) in [5.41, 5.74) is -1.10. The van der Waals surface area contributed by atoms with Crippen molar-refractivity contribution >= 4 is 34.8 Å². The number of hydrogen-bond donors (Lipinski definition) is 2. The van der Waals surface area contributed by atoms with Crippen molar-refractivity contribution in [3.05, 3.63) is 15.5 Å². The number of rotatable bonds is 3. The predicted molar refractivity (Wildman–Crippen MR) is 58.8 cm³/mol. The smallest absolute Gasteiger partial charge is 0.329 e. The highest BCUT2D eigenvalue weighted by atomic mass is 35.5. The Labute approximate surface area is 100 Å². The Morgan fingerprint density at radius 3 is 2.62 bits per heavy atom. The minimum atomic E-state index is -1.10. The summed E-state index contributed by atoms with van der Waals surface area (Å²) in [5, 5.41) is 13.5. The van der Waals surface area contributed by atoms with Crippen molar-refractivity contribution in [1.82, 2.24) is 10.3 Å². The average molecular weight is 261 g/mol. The molecule has 1 aliphatic rings. The van der Waals surface area contributed by atoms with Crippen molar-refractivity contribution in [2.24, 2.45) is 0 Å². The molecule has 2 N–H and O–H groups in total. The standard InChI is InChI=1S/C9H9ClN2O3S/c10-5-4-16-7(11-5)6(13)12-9(8(14)15)2-1-3-9/h4H,1-3H2,(H,12,13)(H,14,15). The molecule has 0 atom stereocenters. The second-order valence-corrected chi connectivity index (χ2v) is 4.92. The van der Waals surface area contributed by atoms with Crippen LogP contribution in [0.15, 0.2) is 5.38 Å². The van der Waals surface area contributed by atoms with Crippen molar-refractivity contribution in [2.45, 2.75) is 24.8 Å². The molecule has 1 heterocycles. The Kier molecular flexibility index (Phi) is 2.86. The normalized spacial score (nSPS) is 17.6. The van der Waals surface area contributed by atoms with E-state index in [1.165, 1.54) is 5.38 Å². The van der Waals surface area contributed by atoms with E-state index in [1.807, 2.05) is 0 Å². The molecule has 0 saturated heterocycles. The highest BCUT2D eigenvalue weighted by molar-refractivity contribution is 7.12. The minimum absolute atomic E-state index is 0.192. The first kappa shape index (κ1) is 11.3. The van der Waals surface area contributed by atoms with Crippen LogP contribution in [-0.2, 0) is 4.79 Å². The van der Waals surface area contributed by atoms with Crippen LogP contribution in [0.1, 0.15) is 29.1 Å². The molecule has 2 rings (SSSR count). The van der Waals surface area contributed by atoms with Crippen LogP contribution in [-0.4, -0.2) is 27.5 Å². The zero-order valence-corrected chi connectivity index (χ0v) is 9.77. The maximum Gasteiger partial charge on any atom is 0.329 e. The molecule has 0 spiro atoms. The summed E-state index contributed by atoms with van der Waals surface area (Å²) in [7, 11) is 0. The lowest BCUT2D eigenvalue weighted by Gasteiger charge is -2.37. The van der Waals surface area contributed by atoms with Crippen LogP contribution in [0.25, 0.3) is 0 Å². The van der Waals surface area contributed by atoms with E-state index in [1.54, 1.807) is 0 Å². The van der Waals surface area contributed by atoms with E-state index >= 15 is 0 Å². The average Bonchev–Trinajstić information content (AvgIpc) is 2.57. The van der Waals surface area contributed by atoms with Gasteiger partial charge in [0.05, 0.1) is 0 Å². The second-order valence-electron chi connectivity index (χ2n) is 3.67. The molecule has 86 valence electrons. The summed E-state index contributed by atoms with van der Waals surface area (Å²) >= 11 is 6.69. The summed E-state index contributed by atoms with van der Waals surface area (Å²) in [6.07, 6.45) is 1.74. The first-order valence-electron chi connectivity index (χ1n) is 4.70. The lowest BCUT2D eigenvalue weighted by molar-refractivity contribution is -0.148. The van der Waals surface area contributed by atoms with Gasteiger partial charge in [0.15, 0.2) is 5.01 Å². The summed E-state index contributed by atoms with van der Waals surface area (Å²) in [5.74, 6) is -1.46. The lowest BCUT2D eigenvalue weighted by Crippen LogP contribution is -2.59. The number of carbonyl (C=O) groups is 2. The van der Waals surface area contributed by atoms with Crippen LogP contribution in [0.4, 0.5) is 0 Å². The maximum atomic E-state index is 11.7. The van der Waals surface area contributed by atoms with Crippen LogP contribution in [0.5, 0.6) is 0 Å². The van der Waals surface area contributed by atoms with Gasteiger partial charge in [-0.15, -0.1) is 11.3 Å². The molecule has 5 nitrogen and oxygen atoms in total. The lowest BCUT2D eigenvalue weighted by atomic mass is 9.77. The van der Waals surface area contributed by atoms with Gasteiger partial charge in [-0.25, -0.2) is 9.78 Å². The quantitative estimate of drug-likeness (QED) is 0.864. The molecular weight excluding hydrogens is 252 g/mol. The van der Waals surface area contributed by atoms with Gasteiger partial charge in [-0.05, 0) is 19.3 Å². The molecule has 1 saturated carbocycles. The monoisotopic (exact) mass is 260 g/mol. The third-order valence-corrected chi connectivity index (χ3v) is 3.80. The molecular formula is C9H9ClN2O3S. The summed E-state index contributed by atoms with van der Waals surface area (Å²) in [4.78, 5) is 26.5. The van der Waals surface area contributed by atoms with Crippen LogP contribution >= 0.6 is 22.9 Å². The first-order chi connectivity index (χ1) is 7.53. The van der Waals surface area contributed by atoms with Gasteiger partial charge < -0.3 is 10.4 Å². The number of nitrogens with zero attached hydrogens (tertiary/aromatic N) is 1. The Bertz CT molecular complexity index is 442. The van der Waals surface area contributed by atoms with Gasteiger partial charge in [-0.2, -0.15) is 0 Å². The molecule has 16 heavy (non-hydrogen) atoms. The Hall–Kier alpha value is -1.14. The second kappa shape index (κ2) is 4.03. The van der Waals surface area contributed by atoms with E-state index in [0.717, 1.165) is 17.8 Å². The largest absolute Gasteiger partial charge is 0.480 e. The molecule has 0 bridgehead atoms. The molecule has 1 amide bonds. The van der Waals surface area contributed by atoms with Gasteiger partial charge >= 0.3 is 5.97 Å². The zero-order valence-electron chi connectivity index (χ0n) is 8.20. The Balaban J connectivity index is 2.10. The van der Waals surface area contributed by atoms with Crippen molar-refractivity contribution in [2.75, 3.05) is 0 Å². The van der Waals surface area contributed by atoms with E-state index in [4.69, 9.17) is 16.7 Å². The summed E-state index contributed by atoms with van der Waals surface area (Å²) in [6, 6.07) is 0. The van der Waals surface area contributed by atoms with Gasteiger partial charge in [-0.1, -0.05) is 11.6 Å². The van der Waals surface area contributed by atoms with E-state index in [2.05, 4.69) is 10.3 Å². The minimum Gasteiger partial charge on any atom is -0.480 e. The molecule has 0 aliphatic heterocycles. The number of hydrogen-bond acceptors (Lipinski definition) is 4. The highest BCUT2D eigenvalue weighted by Gasteiger charge is 2.46. The predicted octanol–water partition coefficient (Wildman–Crippen LogP) is 1.53. The van der Waals surface area contributed by atoms with E-state index in [9.17, 15) is 9.59 Å². The van der Waals surface area contributed by atoms with E-state index in [0.29, 0.717) is 12.8 Å². The SMILES string of the molecule is O=C(NC1(C(=O)O)CCC1)c1nc(Cl)cs1. The topological polar surface area (TPSA) is 79.3 Å². The zero-order chi connectivity index (χ0) is 11.8. The third kappa shape index (κ3) is 1.90. The fourth-order valence-electron chi connectivity index (χ4n) is 1.55. The molecule has 0 radical (unpaired) electrons. The number of carboxylic acid groups (broad SMARTS) is 1. The number of carbonyl (C=O) groups excluding carboxylic acids is 1. The number of aliphatic carboxylic acids is 1. The van der Waals surface area contributed by atoms with Crippen LogP contribution in [0, 0.1) is 0 Å². The highest BCUT2D eigenvalue weighted by Crippen LogP contribution is 2.32. The number of thiazole rings is 1. The number of nitrogens with one attached hydrogen (secondary N) is 1. The molecule has 1 aliphatic carbocycles. The van der Waals surface area contributed by atoms with Crippen LogP contribution in [0.3, 0.4) is 0 Å². The molecule has 1 fully saturated rings. The van der Waals surface area contributed by atoms with Crippen molar-refractivity contribution in [3.8, 4) is 0 Å². The van der Waals surface area contributed by atoms with Gasteiger partial charge in [-0.3, -0.25) is 4.79 Å². The Morgan fingerprint density at radius 2 is 2.25 bits per heavy atom. The first-order valence-corrected chi connectivity index (χ1v) is 5.96. The maximum absolute atomic E-state index is 11.7. The third-order valence-electron chi connectivity index (χ3n) is 2.64. The number of amides is 1. The van der Waals surface area contributed by atoms with Gasteiger partial charge in [0.1, 0.15) is 10.7 Å². The van der Waals surface area contributed by atoms with Gasteiger partial charge in [0.2, 0.25) is 0 Å².